The van der Waals surface area contributed by atoms with Crippen LogP contribution in [0.2, 0.25) is 0 Å². The van der Waals surface area contributed by atoms with E-state index in [-0.39, 0.29) is 18.0 Å². The van der Waals surface area contributed by atoms with Crippen molar-refractivity contribution in [2.75, 3.05) is 19.0 Å². The maximum atomic E-state index is 12.9. The third-order valence-electron chi connectivity index (χ3n) is 5.19. The fourth-order valence-electron chi connectivity index (χ4n) is 3.66. The molecule has 0 unspecified atom stereocenters. The van der Waals surface area contributed by atoms with Crippen LogP contribution in [0.3, 0.4) is 0 Å². The van der Waals surface area contributed by atoms with Gasteiger partial charge in [-0.3, -0.25) is 19.1 Å². The molecular weight excluding hydrogens is 380 g/mol. The second-order valence-electron chi connectivity index (χ2n) is 7.33. The van der Waals surface area contributed by atoms with Gasteiger partial charge < -0.3 is 10.1 Å². The predicted molar refractivity (Wildman–Crippen MR) is 114 cm³/mol. The van der Waals surface area contributed by atoms with E-state index in [1.165, 1.54) is 16.5 Å². The van der Waals surface area contributed by atoms with Gasteiger partial charge in [0.2, 0.25) is 5.91 Å². The second-order valence-corrected chi connectivity index (χ2v) is 7.33. The summed E-state index contributed by atoms with van der Waals surface area (Å²) in [5.41, 5.74) is 3.22. The zero-order valence-electron chi connectivity index (χ0n) is 16.9. The van der Waals surface area contributed by atoms with Gasteiger partial charge in [-0.1, -0.05) is 36.4 Å². The summed E-state index contributed by atoms with van der Waals surface area (Å²) >= 11 is 0. The van der Waals surface area contributed by atoms with E-state index in [2.05, 4.69) is 27.3 Å². The zero-order valence-corrected chi connectivity index (χ0v) is 16.9. The Morgan fingerprint density at radius 1 is 1.17 bits per heavy atom. The average Bonchev–Trinajstić information content (AvgIpc) is 2.76. The molecule has 3 aromatic rings. The van der Waals surface area contributed by atoms with E-state index < -0.39 is 0 Å². The van der Waals surface area contributed by atoms with E-state index in [9.17, 15) is 9.59 Å². The highest BCUT2D eigenvalue weighted by atomic mass is 16.5. The fraction of sp³-hybridized carbons (Fsp3) is 0.261. The van der Waals surface area contributed by atoms with Crippen LogP contribution >= 0.6 is 0 Å². The minimum absolute atomic E-state index is 0.0793. The van der Waals surface area contributed by atoms with E-state index in [1.807, 2.05) is 18.2 Å². The maximum absolute atomic E-state index is 12.9. The number of methoxy groups -OCH3 is 1. The first-order valence-electron chi connectivity index (χ1n) is 9.90. The first-order valence-corrected chi connectivity index (χ1v) is 9.90. The number of aromatic nitrogens is 2. The number of carbonyl (C=O) groups excluding carboxylic acids is 1. The molecule has 0 atom stereocenters. The van der Waals surface area contributed by atoms with Crippen LogP contribution in [0.1, 0.15) is 16.8 Å². The molecule has 7 heteroatoms. The predicted octanol–water partition coefficient (Wildman–Crippen LogP) is 2.45. The third kappa shape index (κ3) is 4.58. The summed E-state index contributed by atoms with van der Waals surface area (Å²) in [7, 11) is 1.57. The Kier molecular flexibility index (Phi) is 5.90. The summed E-state index contributed by atoms with van der Waals surface area (Å²) in [6.45, 7) is 2.17. The van der Waals surface area contributed by atoms with Crippen molar-refractivity contribution in [3.63, 3.8) is 0 Å². The molecule has 0 saturated heterocycles. The van der Waals surface area contributed by atoms with Crippen molar-refractivity contribution >= 4 is 11.6 Å². The van der Waals surface area contributed by atoms with Crippen LogP contribution in [-0.2, 0) is 30.8 Å². The highest BCUT2D eigenvalue weighted by Crippen LogP contribution is 2.18. The molecule has 0 spiro atoms. The number of anilines is 1. The summed E-state index contributed by atoms with van der Waals surface area (Å²) < 4.78 is 6.54. The van der Waals surface area contributed by atoms with Crippen LogP contribution in [0.25, 0.3) is 0 Å². The van der Waals surface area contributed by atoms with Gasteiger partial charge in [0.25, 0.3) is 5.56 Å². The zero-order chi connectivity index (χ0) is 20.9. The van der Waals surface area contributed by atoms with Crippen LogP contribution in [0.15, 0.2) is 65.7 Å². The van der Waals surface area contributed by atoms with Crippen LogP contribution < -0.4 is 15.6 Å². The maximum Gasteiger partial charge on any atom is 0.257 e. The van der Waals surface area contributed by atoms with Crippen LogP contribution in [-0.4, -0.2) is 34.0 Å². The van der Waals surface area contributed by atoms with E-state index in [1.54, 1.807) is 31.4 Å². The second kappa shape index (κ2) is 8.92. The molecule has 2 aromatic carbocycles. The average molecular weight is 404 g/mol. The summed E-state index contributed by atoms with van der Waals surface area (Å²) in [6.07, 6.45) is 2.10. The molecule has 1 aliphatic heterocycles. The smallest absolute Gasteiger partial charge is 0.257 e. The van der Waals surface area contributed by atoms with Crippen molar-refractivity contribution in [3.05, 3.63) is 88.1 Å². The lowest BCUT2D eigenvalue weighted by atomic mass is 10.1. The molecule has 0 radical (unpaired) electrons. The number of hydrogen-bond donors (Lipinski definition) is 1. The molecule has 0 fully saturated rings. The molecule has 7 nitrogen and oxygen atoms in total. The standard InChI is InChI=1S/C23H24N4O3/c1-30-19-9-5-8-18(12-19)25-22(28)15-27-16-24-21-14-26(11-10-20(21)23(27)29)13-17-6-3-2-4-7-17/h2-9,12,16H,10-11,13-15H2,1H3,(H,25,28). The Bertz CT molecular complexity index is 1100. The number of amides is 1. The fourth-order valence-corrected chi connectivity index (χ4v) is 3.66. The molecule has 0 bridgehead atoms. The Morgan fingerprint density at radius 3 is 2.80 bits per heavy atom. The van der Waals surface area contributed by atoms with Gasteiger partial charge in [0.05, 0.1) is 19.1 Å². The van der Waals surface area contributed by atoms with E-state index in [0.717, 1.165) is 18.8 Å². The van der Waals surface area contributed by atoms with Crippen LogP contribution in [0.5, 0.6) is 5.75 Å². The monoisotopic (exact) mass is 404 g/mol. The summed E-state index contributed by atoms with van der Waals surface area (Å²) in [6, 6.07) is 17.4. The van der Waals surface area contributed by atoms with Crippen molar-refractivity contribution in [3.8, 4) is 5.75 Å². The Balaban J connectivity index is 1.43. The van der Waals surface area contributed by atoms with Gasteiger partial charge in [0.15, 0.2) is 0 Å². The minimum Gasteiger partial charge on any atom is -0.497 e. The Hall–Kier alpha value is -3.45. The number of nitrogens with zero attached hydrogens (tertiary/aromatic N) is 3. The van der Waals surface area contributed by atoms with Crippen molar-refractivity contribution in [2.45, 2.75) is 26.1 Å². The number of carbonyl (C=O) groups is 1. The van der Waals surface area contributed by atoms with Gasteiger partial charge in [-0.05, 0) is 24.1 Å². The number of hydrogen-bond acceptors (Lipinski definition) is 5. The first-order chi connectivity index (χ1) is 14.6. The van der Waals surface area contributed by atoms with Gasteiger partial charge in [-0.15, -0.1) is 0 Å². The number of fused-ring (bicyclic) bond motifs is 1. The van der Waals surface area contributed by atoms with Gasteiger partial charge in [0.1, 0.15) is 12.3 Å². The molecule has 4 rings (SSSR count). The van der Waals surface area contributed by atoms with E-state index in [4.69, 9.17) is 4.74 Å². The first kappa shape index (κ1) is 19.8. The van der Waals surface area contributed by atoms with E-state index in [0.29, 0.717) is 30.0 Å². The molecule has 1 amide bonds. The molecule has 1 N–H and O–H groups in total. The molecule has 2 heterocycles. The molecule has 1 aliphatic rings. The number of rotatable bonds is 6. The quantitative estimate of drug-likeness (QED) is 0.683. The number of nitrogens with one attached hydrogen (secondary N) is 1. The van der Waals surface area contributed by atoms with Gasteiger partial charge in [-0.25, -0.2) is 4.98 Å². The summed E-state index contributed by atoms with van der Waals surface area (Å²) in [5, 5.41) is 2.79. The molecule has 154 valence electrons. The SMILES string of the molecule is COc1cccc(NC(=O)Cn2cnc3c(c2=O)CCN(Cc2ccccc2)C3)c1. The lowest BCUT2D eigenvalue weighted by molar-refractivity contribution is -0.116. The number of ether oxygens (including phenoxy) is 1. The van der Waals surface area contributed by atoms with Crippen molar-refractivity contribution in [1.29, 1.82) is 0 Å². The van der Waals surface area contributed by atoms with Crippen LogP contribution in [0, 0.1) is 0 Å². The Morgan fingerprint density at radius 2 is 2.00 bits per heavy atom. The molecule has 1 aromatic heterocycles. The highest BCUT2D eigenvalue weighted by molar-refractivity contribution is 5.90. The lowest BCUT2D eigenvalue weighted by Gasteiger charge is -2.27. The minimum atomic E-state index is -0.284. The molecule has 0 aliphatic carbocycles. The van der Waals surface area contributed by atoms with E-state index >= 15 is 0 Å². The van der Waals surface area contributed by atoms with Gasteiger partial charge >= 0.3 is 0 Å². The largest absolute Gasteiger partial charge is 0.497 e. The highest BCUT2D eigenvalue weighted by Gasteiger charge is 2.21. The van der Waals surface area contributed by atoms with Crippen molar-refractivity contribution in [2.24, 2.45) is 0 Å². The number of benzene rings is 2. The van der Waals surface area contributed by atoms with Gasteiger partial charge in [-0.2, -0.15) is 0 Å². The van der Waals surface area contributed by atoms with Crippen molar-refractivity contribution in [1.82, 2.24) is 14.5 Å². The van der Waals surface area contributed by atoms with Gasteiger partial charge in [0, 0.05) is 37.0 Å². The molecule has 0 saturated carbocycles. The lowest BCUT2D eigenvalue weighted by Crippen LogP contribution is -2.38. The molecular formula is C23H24N4O3. The molecule has 30 heavy (non-hydrogen) atoms. The summed E-state index contributed by atoms with van der Waals surface area (Å²) in [4.78, 5) is 32.0. The summed E-state index contributed by atoms with van der Waals surface area (Å²) in [5.74, 6) is 0.370. The normalized spacial score (nSPS) is 13.5. The third-order valence-corrected chi connectivity index (χ3v) is 5.19. The topological polar surface area (TPSA) is 76.5 Å². The Labute approximate surface area is 174 Å². The van der Waals surface area contributed by atoms with Crippen molar-refractivity contribution < 1.29 is 9.53 Å². The van der Waals surface area contributed by atoms with Crippen LogP contribution in [0.4, 0.5) is 5.69 Å².